The average molecular weight is 314 g/mol. The lowest BCUT2D eigenvalue weighted by molar-refractivity contribution is 0.00984. The predicted octanol–water partition coefficient (Wildman–Crippen LogP) is 1.29. The number of aromatic nitrogens is 1. The Morgan fingerprint density at radius 1 is 1.35 bits per heavy atom. The third kappa shape index (κ3) is 3.43. The normalized spacial score (nSPS) is 16.7. The zero-order valence-electron chi connectivity index (χ0n) is 12.8. The van der Waals surface area contributed by atoms with Gasteiger partial charge in [0.25, 0.3) is 11.5 Å². The number of ether oxygens (including phenoxy) is 1. The molecule has 3 rings (SSSR count). The van der Waals surface area contributed by atoms with E-state index in [1.54, 1.807) is 7.05 Å². The second-order valence-corrected chi connectivity index (χ2v) is 5.71. The van der Waals surface area contributed by atoms with Crippen molar-refractivity contribution in [1.82, 2.24) is 9.88 Å². The van der Waals surface area contributed by atoms with Crippen LogP contribution in [0.15, 0.2) is 41.2 Å². The first-order valence-electron chi connectivity index (χ1n) is 7.40. The highest BCUT2D eigenvalue weighted by atomic mass is 16.5. The van der Waals surface area contributed by atoms with Crippen LogP contribution in [0, 0.1) is 0 Å². The summed E-state index contributed by atoms with van der Waals surface area (Å²) in [6, 6.07) is 10.5. The van der Waals surface area contributed by atoms with Gasteiger partial charge < -0.3 is 14.7 Å². The van der Waals surface area contributed by atoms with E-state index in [9.17, 15) is 14.7 Å². The maximum absolute atomic E-state index is 12.4. The van der Waals surface area contributed by atoms with E-state index in [2.05, 4.69) is 11.1 Å². The SMILES string of the molecule is CN(CC1Cc2ccccc2CO1)C(=O)c1cc(O)[nH]c(=O)c1. The van der Waals surface area contributed by atoms with Crippen LogP contribution in [0.3, 0.4) is 0 Å². The molecule has 23 heavy (non-hydrogen) atoms. The molecule has 0 bridgehead atoms. The van der Waals surface area contributed by atoms with Crippen molar-refractivity contribution in [3.63, 3.8) is 0 Å². The van der Waals surface area contributed by atoms with Crippen molar-refractivity contribution in [2.24, 2.45) is 0 Å². The zero-order valence-corrected chi connectivity index (χ0v) is 12.8. The number of carbonyl (C=O) groups is 1. The van der Waals surface area contributed by atoms with Crippen LogP contribution in [0.1, 0.15) is 21.5 Å². The number of amides is 1. The minimum Gasteiger partial charge on any atom is -0.494 e. The van der Waals surface area contributed by atoms with Gasteiger partial charge in [0.15, 0.2) is 5.88 Å². The van der Waals surface area contributed by atoms with Gasteiger partial charge in [-0.2, -0.15) is 0 Å². The van der Waals surface area contributed by atoms with E-state index in [0.717, 1.165) is 6.42 Å². The summed E-state index contributed by atoms with van der Waals surface area (Å²) in [5, 5.41) is 9.40. The van der Waals surface area contributed by atoms with E-state index >= 15 is 0 Å². The highest BCUT2D eigenvalue weighted by Crippen LogP contribution is 2.21. The summed E-state index contributed by atoms with van der Waals surface area (Å²) < 4.78 is 5.80. The Hall–Kier alpha value is -2.60. The third-order valence-corrected chi connectivity index (χ3v) is 3.94. The van der Waals surface area contributed by atoms with Gasteiger partial charge in [-0.05, 0) is 11.1 Å². The first kappa shape index (κ1) is 15.3. The van der Waals surface area contributed by atoms with Crippen molar-refractivity contribution in [2.45, 2.75) is 19.1 Å². The van der Waals surface area contributed by atoms with E-state index in [0.29, 0.717) is 13.2 Å². The Bertz CT molecular complexity index is 784. The van der Waals surface area contributed by atoms with Gasteiger partial charge in [-0.25, -0.2) is 0 Å². The molecule has 1 aliphatic heterocycles. The van der Waals surface area contributed by atoms with Gasteiger partial charge in [0.1, 0.15) is 0 Å². The van der Waals surface area contributed by atoms with E-state index in [-0.39, 0.29) is 23.5 Å². The minimum atomic E-state index is -0.510. The number of carbonyl (C=O) groups excluding carboxylic acids is 1. The molecule has 6 heteroatoms. The molecule has 1 unspecified atom stereocenters. The highest BCUT2D eigenvalue weighted by Gasteiger charge is 2.23. The number of benzene rings is 1. The van der Waals surface area contributed by atoms with Gasteiger partial charge in [0.05, 0.1) is 18.3 Å². The standard InChI is InChI=1S/C17H18N2O4/c1-19(17(22)13-7-15(20)18-16(21)8-13)9-14-6-11-4-2-3-5-12(11)10-23-14/h2-5,7-8,14H,6,9-10H2,1H3,(H2,18,20,21). The second-order valence-electron chi connectivity index (χ2n) is 5.71. The van der Waals surface area contributed by atoms with Crippen LogP contribution < -0.4 is 5.56 Å². The molecule has 120 valence electrons. The number of nitrogens with zero attached hydrogens (tertiary/aromatic N) is 1. The third-order valence-electron chi connectivity index (χ3n) is 3.94. The largest absolute Gasteiger partial charge is 0.494 e. The van der Waals surface area contributed by atoms with Crippen molar-refractivity contribution < 1.29 is 14.6 Å². The van der Waals surface area contributed by atoms with Crippen LogP contribution >= 0.6 is 0 Å². The summed E-state index contributed by atoms with van der Waals surface area (Å²) in [6.07, 6.45) is 0.656. The van der Waals surface area contributed by atoms with Gasteiger partial charge in [0, 0.05) is 32.1 Å². The van der Waals surface area contributed by atoms with Crippen LogP contribution in [0.25, 0.3) is 0 Å². The lowest BCUT2D eigenvalue weighted by Gasteiger charge is -2.29. The number of hydrogen-bond acceptors (Lipinski definition) is 4. The maximum Gasteiger partial charge on any atom is 0.254 e. The number of aromatic amines is 1. The molecule has 6 nitrogen and oxygen atoms in total. The molecule has 2 aromatic rings. The summed E-state index contributed by atoms with van der Waals surface area (Å²) in [5.41, 5.74) is 2.06. The van der Waals surface area contributed by atoms with Gasteiger partial charge in [-0.3, -0.25) is 14.6 Å². The van der Waals surface area contributed by atoms with Crippen LogP contribution in [-0.2, 0) is 17.8 Å². The highest BCUT2D eigenvalue weighted by molar-refractivity contribution is 5.94. The number of hydrogen-bond donors (Lipinski definition) is 2. The van der Waals surface area contributed by atoms with Crippen molar-refractivity contribution in [2.75, 3.05) is 13.6 Å². The molecule has 1 aromatic heterocycles. The molecule has 0 aliphatic carbocycles. The molecule has 0 saturated heterocycles. The van der Waals surface area contributed by atoms with Crippen molar-refractivity contribution in [3.8, 4) is 5.88 Å². The van der Waals surface area contributed by atoms with Crippen LogP contribution in [-0.4, -0.2) is 40.6 Å². The monoisotopic (exact) mass is 314 g/mol. The summed E-state index contributed by atoms with van der Waals surface area (Å²) in [7, 11) is 1.66. The van der Waals surface area contributed by atoms with Crippen molar-refractivity contribution >= 4 is 5.91 Å². The van der Waals surface area contributed by atoms with Gasteiger partial charge in [-0.15, -0.1) is 0 Å². The number of H-pyrrole nitrogens is 1. The molecule has 1 amide bonds. The predicted molar refractivity (Wildman–Crippen MR) is 84.4 cm³/mol. The van der Waals surface area contributed by atoms with E-state index in [1.165, 1.54) is 28.2 Å². The minimum absolute atomic E-state index is 0.0885. The molecule has 1 aromatic carbocycles. The van der Waals surface area contributed by atoms with E-state index in [4.69, 9.17) is 4.74 Å². The smallest absolute Gasteiger partial charge is 0.254 e. The van der Waals surface area contributed by atoms with Crippen LogP contribution in [0.2, 0.25) is 0 Å². The Morgan fingerprint density at radius 2 is 2.09 bits per heavy atom. The first-order valence-corrected chi connectivity index (χ1v) is 7.40. The summed E-state index contributed by atoms with van der Waals surface area (Å²) >= 11 is 0. The molecule has 1 aliphatic rings. The Labute approximate surface area is 133 Å². The summed E-state index contributed by atoms with van der Waals surface area (Å²) in [6.45, 7) is 0.954. The molecular weight excluding hydrogens is 296 g/mol. The lowest BCUT2D eigenvalue weighted by Crippen LogP contribution is -2.38. The van der Waals surface area contributed by atoms with Crippen LogP contribution in [0.5, 0.6) is 5.88 Å². The Kier molecular flexibility index (Phi) is 4.16. The molecular formula is C17H18N2O4. The van der Waals surface area contributed by atoms with Gasteiger partial charge in [0.2, 0.25) is 0 Å². The molecule has 0 saturated carbocycles. The molecule has 0 spiro atoms. The molecule has 2 heterocycles. The van der Waals surface area contributed by atoms with Crippen LogP contribution in [0.4, 0.5) is 0 Å². The van der Waals surface area contributed by atoms with Gasteiger partial charge >= 0.3 is 0 Å². The maximum atomic E-state index is 12.4. The number of nitrogens with one attached hydrogen (secondary N) is 1. The summed E-state index contributed by atoms with van der Waals surface area (Å²) in [4.78, 5) is 27.4. The van der Waals surface area contributed by atoms with E-state index < -0.39 is 5.56 Å². The second kappa shape index (κ2) is 6.26. The number of rotatable bonds is 3. The van der Waals surface area contributed by atoms with Crippen molar-refractivity contribution in [3.05, 3.63) is 63.4 Å². The molecule has 0 fully saturated rings. The number of likely N-dealkylation sites (N-methyl/N-ethyl adjacent to an activating group) is 1. The Balaban J connectivity index is 1.69. The molecule has 1 atom stereocenters. The Morgan fingerprint density at radius 3 is 2.83 bits per heavy atom. The summed E-state index contributed by atoms with van der Waals surface area (Å²) in [5.74, 6) is -0.647. The zero-order chi connectivity index (χ0) is 16.4. The quantitative estimate of drug-likeness (QED) is 0.894. The fourth-order valence-electron chi connectivity index (χ4n) is 2.79. The molecule has 0 radical (unpaired) electrons. The lowest BCUT2D eigenvalue weighted by atomic mass is 9.99. The van der Waals surface area contributed by atoms with E-state index in [1.807, 2.05) is 18.2 Å². The number of fused-ring (bicyclic) bond motifs is 1. The molecule has 2 N–H and O–H groups in total. The van der Waals surface area contributed by atoms with Crippen molar-refractivity contribution in [1.29, 1.82) is 0 Å². The number of pyridine rings is 1. The fourth-order valence-corrected chi connectivity index (χ4v) is 2.79. The first-order chi connectivity index (χ1) is 11.0. The average Bonchev–Trinajstić information content (AvgIpc) is 2.53. The number of aromatic hydroxyl groups is 1. The van der Waals surface area contributed by atoms with Gasteiger partial charge in [-0.1, -0.05) is 24.3 Å². The topological polar surface area (TPSA) is 82.6 Å². The fraction of sp³-hybridized carbons (Fsp3) is 0.294.